The number of hydrogen-bond donors (Lipinski definition) is 1. The first kappa shape index (κ1) is 14.2. The van der Waals surface area contributed by atoms with Gasteiger partial charge in [0.05, 0.1) is 11.6 Å². The van der Waals surface area contributed by atoms with Gasteiger partial charge in [0.25, 0.3) is 0 Å². The van der Waals surface area contributed by atoms with Crippen molar-refractivity contribution in [2.75, 3.05) is 11.4 Å². The van der Waals surface area contributed by atoms with Crippen LogP contribution < -0.4 is 4.90 Å². The predicted molar refractivity (Wildman–Crippen MR) is 83.0 cm³/mol. The van der Waals surface area contributed by atoms with Gasteiger partial charge >= 0.3 is 5.97 Å². The van der Waals surface area contributed by atoms with E-state index >= 15 is 0 Å². The van der Waals surface area contributed by atoms with E-state index in [1.165, 1.54) is 26.0 Å². The number of carbonyl (C=O) groups is 2. The molecule has 2 aromatic heterocycles. The van der Waals surface area contributed by atoms with Crippen molar-refractivity contribution in [1.82, 2.24) is 4.98 Å². The van der Waals surface area contributed by atoms with Crippen molar-refractivity contribution in [3.05, 3.63) is 21.2 Å². The van der Waals surface area contributed by atoms with Crippen LogP contribution in [0.15, 0.2) is 11.4 Å². The zero-order valence-corrected chi connectivity index (χ0v) is 13.3. The third kappa shape index (κ3) is 2.58. The molecule has 7 heteroatoms. The summed E-state index contributed by atoms with van der Waals surface area (Å²) in [6, 6.07) is 2.09. The molecule has 0 aromatic carbocycles. The van der Waals surface area contributed by atoms with E-state index < -0.39 is 11.9 Å². The third-order valence-corrected chi connectivity index (χ3v) is 5.34. The van der Waals surface area contributed by atoms with Crippen LogP contribution >= 0.6 is 22.7 Å². The number of carboxylic acid groups (broad SMARTS) is 1. The van der Waals surface area contributed by atoms with Crippen LogP contribution in [-0.2, 0) is 9.59 Å². The molecule has 2 aromatic rings. The first-order valence-electron chi connectivity index (χ1n) is 6.52. The molecule has 0 spiro atoms. The summed E-state index contributed by atoms with van der Waals surface area (Å²) in [5.74, 6) is -1.72. The quantitative estimate of drug-likeness (QED) is 0.943. The second-order valence-electron chi connectivity index (χ2n) is 5.09. The molecule has 0 aliphatic carbocycles. The van der Waals surface area contributed by atoms with Gasteiger partial charge in [-0.1, -0.05) is 0 Å². The van der Waals surface area contributed by atoms with Crippen molar-refractivity contribution < 1.29 is 14.7 Å². The minimum Gasteiger partial charge on any atom is -0.481 e. The zero-order chi connectivity index (χ0) is 15.1. The molecule has 21 heavy (non-hydrogen) atoms. The molecule has 3 rings (SSSR count). The highest BCUT2D eigenvalue weighted by Gasteiger charge is 2.36. The average Bonchev–Trinajstić information content (AvgIpc) is 3.07. The zero-order valence-electron chi connectivity index (χ0n) is 11.6. The van der Waals surface area contributed by atoms with E-state index in [4.69, 9.17) is 5.11 Å². The summed E-state index contributed by atoms with van der Waals surface area (Å²) >= 11 is 3.10. The minimum absolute atomic E-state index is 0.0564. The Morgan fingerprint density at radius 1 is 1.48 bits per heavy atom. The summed E-state index contributed by atoms with van der Waals surface area (Å²) in [6.07, 6.45) is 0.0564. The van der Waals surface area contributed by atoms with E-state index in [1.54, 1.807) is 11.3 Å². The normalized spacial score (nSPS) is 18.5. The summed E-state index contributed by atoms with van der Waals surface area (Å²) < 4.78 is 0. The second kappa shape index (κ2) is 5.23. The van der Waals surface area contributed by atoms with Gasteiger partial charge in [-0.2, -0.15) is 0 Å². The SMILES string of the molecule is Cc1cc(-c2csc(N3CC(C(=O)O)CC3=O)n2)c(C)s1. The molecule has 1 aliphatic heterocycles. The number of aliphatic carboxylic acids is 1. The number of carboxylic acids is 1. The van der Waals surface area contributed by atoms with Gasteiger partial charge in [0, 0.05) is 33.7 Å². The van der Waals surface area contributed by atoms with Crippen LogP contribution in [0.1, 0.15) is 16.2 Å². The average molecular weight is 322 g/mol. The van der Waals surface area contributed by atoms with Crippen LogP contribution in [0.3, 0.4) is 0 Å². The van der Waals surface area contributed by atoms with Crippen LogP contribution in [0, 0.1) is 19.8 Å². The number of aromatic nitrogens is 1. The van der Waals surface area contributed by atoms with E-state index in [1.807, 2.05) is 12.3 Å². The molecule has 110 valence electrons. The van der Waals surface area contributed by atoms with E-state index in [9.17, 15) is 9.59 Å². The lowest BCUT2D eigenvalue weighted by Crippen LogP contribution is -2.25. The monoisotopic (exact) mass is 322 g/mol. The summed E-state index contributed by atoms with van der Waals surface area (Å²) in [6.45, 7) is 4.31. The smallest absolute Gasteiger partial charge is 0.308 e. The fraction of sp³-hybridized carbons (Fsp3) is 0.357. The number of anilines is 1. The number of carbonyl (C=O) groups excluding carboxylic acids is 1. The third-order valence-electron chi connectivity index (χ3n) is 3.51. The maximum atomic E-state index is 11.9. The molecule has 1 fully saturated rings. The Morgan fingerprint density at radius 3 is 2.81 bits per heavy atom. The first-order valence-corrected chi connectivity index (χ1v) is 8.21. The summed E-state index contributed by atoms with van der Waals surface area (Å²) in [5.41, 5.74) is 1.94. The lowest BCUT2D eigenvalue weighted by atomic mass is 10.1. The van der Waals surface area contributed by atoms with E-state index in [-0.39, 0.29) is 18.9 Å². The van der Waals surface area contributed by atoms with Gasteiger partial charge in [-0.15, -0.1) is 22.7 Å². The first-order chi connectivity index (χ1) is 9.95. The summed E-state index contributed by atoms with van der Waals surface area (Å²) in [7, 11) is 0. The molecule has 1 unspecified atom stereocenters. The molecule has 0 saturated carbocycles. The lowest BCUT2D eigenvalue weighted by Gasteiger charge is -2.11. The number of hydrogen-bond acceptors (Lipinski definition) is 5. The number of rotatable bonds is 3. The van der Waals surface area contributed by atoms with E-state index in [0.29, 0.717) is 5.13 Å². The molecule has 0 bridgehead atoms. The topological polar surface area (TPSA) is 70.5 Å². The molecule has 0 radical (unpaired) electrons. The van der Waals surface area contributed by atoms with Crippen molar-refractivity contribution in [3.8, 4) is 11.3 Å². The molecule has 1 amide bonds. The molecular formula is C14H14N2O3S2. The Hall–Kier alpha value is -1.73. The Bertz CT molecular complexity index is 720. The fourth-order valence-corrected chi connectivity index (χ4v) is 4.24. The second-order valence-corrected chi connectivity index (χ2v) is 7.38. The molecule has 5 nitrogen and oxygen atoms in total. The standard InChI is InChI=1S/C14H14N2O3S2/c1-7-3-10(8(2)21-7)11-6-20-14(15-11)16-5-9(13(18)19)4-12(16)17/h3,6,9H,4-5H2,1-2H3,(H,18,19). The minimum atomic E-state index is -0.924. The Morgan fingerprint density at radius 2 is 2.24 bits per heavy atom. The van der Waals surface area contributed by atoms with Gasteiger partial charge in [-0.3, -0.25) is 14.5 Å². The number of thiazole rings is 1. The number of nitrogens with zero attached hydrogens (tertiary/aromatic N) is 2. The van der Waals surface area contributed by atoms with Crippen molar-refractivity contribution in [2.45, 2.75) is 20.3 Å². The van der Waals surface area contributed by atoms with Crippen LogP contribution in [0.25, 0.3) is 11.3 Å². The Labute approximate surface area is 129 Å². The molecule has 1 N–H and O–H groups in total. The number of aryl methyl sites for hydroxylation is 2. The van der Waals surface area contributed by atoms with Gasteiger partial charge in [0.2, 0.25) is 5.91 Å². The van der Waals surface area contributed by atoms with Gasteiger partial charge in [-0.05, 0) is 19.9 Å². The fourth-order valence-electron chi connectivity index (χ4n) is 2.45. The molecule has 1 aliphatic rings. The maximum Gasteiger partial charge on any atom is 0.308 e. The highest BCUT2D eigenvalue weighted by molar-refractivity contribution is 7.14. The van der Waals surface area contributed by atoms with Crippen molar-refractivity contribution in [3.63, 3.8) is 0 Å². The van der Waals surface area contributed by atoms with Gasteiger partial charge < -0.3 is 5.11 Å². The van der Waals surface area contributed by atoms with Crippen molar-refractivity contribution in [1.29, 1.82) is 0 Å². The maximum absolute atomic E-state index is 11.9. The van der Waals surface area contributed by atoms with Crippen LogP contribution in [0.5, 0.6) is 0 Å². The van der Waals surface area contributed by atoms with Gasteiger partial charge in [0.1, 0.15) is 0 Å². The Balaban J connectivity index is 1.87. The highest BCUT2D eigenvalue weighted by Crippen LogP contribution is 2.35. The van der Waals surface area contributed by atoms with Crippen LogP contribution in [0.4, 0.5) is 5.13 Å². The molecule has 1 atom stereocenters. The summed E-state index contributed by atoms with van der Waals surface area (Å²) in [5, 5.41) is 11.5. The molecular weight excluding hydrogens is 308 g/mol. The largest absolute Gasteiger partial charge is 0.481 e. The molecule has 3 heterocycles. The number of thiophene rings is 1. The predicted octanol–water partition coefficient (Wildman–Crippen LogP) is 2.93. The van der Waals surface area contributed by atoms with Gasteiger partial charge in [-0.25, -0.2) is 4.98 Å². The lowest BCUT2D eigenvalue weighted by molar-refractivity contribution is -0.141. The van der Waals surface area contributed by atoms with Gasteiger partial charge in [0.15, 0.2) is 5.13 Å². The Kier molecular flexibility index (Phi) is 3.54. The highest BCUT2D eigenvalue weighted by atomic mass is 32.1. The van der Waals surface area contributed by atoms with E-state index in [0.717, 1.165) is 11.3 Å². The molecule has 1 saturated heterocycles. The van der Waals surface area contributed by atoms with Crippen LogP contribution in [0.2, 0.25) is 0 Å². The van der Waals surface area contributed by atoms with Crippen LogP contribution in [-0.4, -0.2) is 28.5 Å². The summed E-state index contributed by atoms with van der Waals surface area (Å²) in [4.78, 5) is 31.4. The van der Waals surface area contributed by atoms with E-state index in [2.05, 4.69) is 18.0 Å². The van der Waals surface area contributed by atoms with Crippen molar-refractivity contribution >= 4 is 39.7 Å². The van der Waals surface area contributed by atoms with Crippen molar-refractivity contribution in [2.24, 2.45) is 5.92 Å². The number of amides is 1.